The van der Waals surface area contributed by atoms with Gasteiger partial charge in [0, 0.05) is 42.3 Å². The molecular weight excluding hydrogens is 372 g/mol. The Labute approximate surface area is 151 Å². The van der Waals surface area contributed by atoms with E-state index in [4.69, 9.17) is 5.73 Å². The quantitative estimate of drug-likeness (QED) is 0.714. The second kappa shape index (κ2) is 9.03. The fourth-order valence-electron chi connectivity index (χ4n) is 2.82. The van der Waals surface area contributed by atoms with E-state index in [2.05, 4.69) is 26.6 Å². The van der Waals surface area contributed by atoms with Crippen LogP contribution >= 0.6 is 15.9 Å². The van der Waals surface area contributed by atoms with E-state index in [1.807, 2.05) is 24.0 Å². The molecule has 1 saturated heterocycles. The summed E-state index contributed by atoms with van der Waals surface area (Å²) >= 11 is 3.34. The fourth-order valence-corrected chi connectivity index (χ4v) is 3.08. The predicted molar refractivity (Wildman–Crippen MR) is 98.7 cm³/mol. The van der Waals surface area contributed by atoms with Gasteiger partial charge in [-0.1, -0.05) is 15.9 Å². The third kappa shape index (κ3) is 5.79. The molecule has 7 heteroatoms. The second-order valence-corrected chi connectivity index (χ2v) is 7.15. The minimum absolute atomic E-state index is 0.0734. The molecule has 1 aromatic rings. The lowest BCUT2D eigenvalue weighted by atomic mass is 9.92. The third-order valence-corrected chi connectivity index (χ3v) is 4.81. The lowest BCUT2D eigenvalue weighted by molar-refractivity contribution is -0.132. The zero-order valence-corrected chi connectivity index (χ0v) is 15.5. The smallest absolute Gasteiger partial charge is 0.319 e. The van der Waals surface area contributed by atoms with Gasteiger partial charge in [0.15, 0.2) is 0 Å². The molecule has 1 aliphatic rings. The van der Waals surface area contributed by atoms with E-state index in [-0.39, 0.29) is 18.0 Å². The zero-order valence-electron chi connectivity index (χ0n) is 13.9. The number of likely N-dealkylation sites (tertiary alicyclic amines) is 1. The topological polar surface area (TPSA) is 87.5 Å². The molecule has 1 heterocycles. The van der Waals surface area contributed by atoms with Crippen LogP contribution in [-0.4, -0.2) is 42.5 Å². The molecule has 0 bridgehead atoms. The summed E-state index contributed by atoms with van der Waals surface area (Å²) in [5, 5.41) is 5.45. The van der Waals surface area contributed by atoms with Gasteiger partial charge in [0.1, 0.15) is 0 Å². The Morgan fingerprint density at radius 3 is 2.75 bits per heavy atom. The Kier molecular flexibility index (Phi) is 7.05. The van der Waals surface area contributed by atoms with Crippen LogP contribution in [0, 0.1) is 5.92 Å². The number of halogens is 1. The lowest BCUT2D eigenvalue weighted by Crippen LogP contribution is -2.45. The molecule has 2 unspecified atom stereocenters. The molecule has 1 aromatic carbocycles. The van der Waals surface area contributed by atoms with Crippen LogP contribution in [0.4, 0.5) is 10.5 Å². The molecule has 0 radical (unpaired) electrons. The van der Waals surface area contributed by atoms with Crippen LogP contribution in [0.25, 0.3) is 0 Å². The maximum absolute atomic E-state index is 12.3. The highest BCUT2D eigenvalue weighted by molar-refractivity contribution is 9.10. The number of carbonyl (C=O) groups excluding carboxylic acids is 2. The van der Waals surface area contributed by atoms with Crippen LogP contribution < -0.4 is 16.4 Å². The molecule has 132 valence electrons. The number of rotatable bonds is 5. The van der Waals surface area contributed by atoms with Gasteiger partial charge in [-0.25, -0.2) is 4.79 Å². The highest BCUT2D eigenvalue weighted by Gasteiger charge is 2.25. The number of piperidine rings is 1. The summed E-state index contributed by atoms with van der Waals surface area (Å²) in [7, 11) is 0. The lowest BCUT2D eigenvalue weighted by Gasteiger charge is -2.34. The van der Waals surface area contributed by atoms with Crippen LogP contribution in [0.15, 0.2) is 28.7 Å². The summed E-state index contributed by atoms with van der Waals surface area (Å²) < 4.78 is 0.950. The molecule has 24 heavy (non-hydrogen) atoms. The number of carbonyl (C=O) groups is 2. The van der Waals surface area contributed by atoms with Gasteiger partial charge in [-0.15, -0.1) is 0 Å². The van der Waals surface area contributed by atoms with Crippen LogP contribution in [-0.2, 0) is 4.79 Å². The fraction of sp³-hybridized carbons (Fsp3) is 0.529. The molecule has 0 aliphatic carbocycles. The van der Waals surface area contributed by atoms with E-state index in [0.717, 1.165) is 30.4 Å². The van der Waals surface area contributed by atoms with Crippen molar-refractivity contribution in [2.24, 2.45) is 11.7 Å². The first kappa shape index (κ1) is 18.7. The highest BCUT2D eigenvalue weighted by atomic mass is 79.9. The molecule has 4 N–H and O–H groups in total. The Morgan fingerprint density at radius 2 is 2.08 bits per heavy atom. The van der Waals surface area contributed by atoms with E-state index >= 15 is 0 Å². The van der Waals surface area contributed by atoms with E-state index in [9.17, 15) is 9.59 Å². The Hall–Kier alpha value is -1.60. The SMILES string of the molecule is CC(N)C1CCCN(C(=O)CCNC(=O)Nc2ccc(Br)cc2)C1. The van der Waals surface area contributed by atoms with Gasteiger partial charge in [-0.05, 0) is 49.9 Å². The number of hydrogen-bond donors (Lipinski definition) is 3. The molecule has 6 nitrogen and oxygen atoms in total. The maximum atomic E-state index is 12.3. The number of nitrogens with two attached hydrogens (primary N) is 1. The van der Waals surface area contributed by atoms with Crippen LogP contribution in [0.3, 0.4) is 0 Å². The molecule has 0 aromatic heterocycles. The Bertz CT molecular complexity index is 562. The number of benzene rings is 1. The van der Waals surface area contributed by atoms with Crippen molar-refractivity contribution in [3.8, 4) is 0 Å². The average Bonchev–Trinajstić information content (AvgIpc) is 2.57. The predicted octanol–water partition coefficient (Wildman–Crippen LogP) is 2.55. The van der Waals surface area contributed by atoms with Crippen molar-refractivity contribution in [3.05, 3.63) is 28.7 Å². The van der Waals surface area contributed by atoms with Crippen molar-refractivity contribution in [2.45, 2.75) is 32.2 Å². The number of hydrogen-bond acceptors (Lipinski definition) is 3. The molecule has 0 spiro atoms. The van der Waals surface area contributed by atoms with Gasteiger partial charge in [0.25, 0.3) is 0 Å². The third-order valence-electron chi connectivity index (χ3n) is 4.28. The summed E-state index contributed by atoms with van der Waals surface area (Å²) in [4.78, 5) is 25.9. The standard InChI is InChI=1S/C17H25BrN4O2/c1-12(19)13-3-2-10-22(11-13)16(23)8-9-20-17(24)21-15-6-4-14(18)5-7-15/h4-7,12-13H,2-3,8-11,19H2,1H3,(H2,20,21,24). The average molecular weight is 397 g/mol. The Morgan fingerprint density at radius 1 is 1.38 bits per heavy atom. The van der Waals surface area contributed by atoms with E-state index in [1.54, 1.807) is 12.1 Å². The minimum atomic E-state index is -0.308. The normalized spacial score (nSPS) is 18.8. The summed E-state index contributed by atoms with van der Waals surface area (Å²) in [6, 6.07) is 7.11. The highest BCUT2D eigenvalue weighted by Crippen LogP contribution is 2.19. The van der Waals surface area contributed by atoms with Gasteiger partial charge in [-0.3, -0.25) is 4.79 Å². The van der Waals surface area contributed by atoms with Crippen molar-refractivity contribution < 1.29 is 9.59 Å². The van der Waals surface area contributed by atoms with Crippen molar-refractivity contribution in [3.63, 3.8) is 0 Å². The Balaban J connectivity index is 1.70. The number of nitrogens with one attached hydrogen (secondary N) is 2. The van der Waals surface area contributed by atoms with Crippen LogP contribution in [0.2, 0.25) is 0 Å². The second-order valence-electron chi connectivity index (χ2n) is 6.24. The number of urea groups is 1. The molecule has 1 aliphatic heterocycles. The number of anilines is 1. The van der Waals surface area contributed by atoms with Crippen molar-refractivity contribution >= 4 is 33.6 Å². The van der Waals surface area contributed by atoms with E-state index in [0.29, 0.717) is 24.6 Å². The molecular formula is C17H25BrN4O2. The zero-order chi connectivity index (χ0) is 17.5. The van der Waals surface area contributed by atoms with Gasteiger partial charge >= 0.3 is 6.03 Å². The van der Waals surface area contributed by atoms with Gasteiger partial charge in [0.05, 0.1) is 0 Å². The molecule has 0 saturated carbocycles. The first-order valence-corrected chi connectivity index (χ1v) is 9.09. The first-order valence-electron chi connectivity index (χ1n) is 8.29. The first-order chi connectivity index (χ1) is 11.5. The van der Waals surface area contributed by atoms with Crippen molar-refractivity contribution in [1.29, 1.82) is 0 Å². The van der Waals surface area contributed by atoms with Crippen LogP contribution in [0.1, 0.15) is 26.2 Å². The largest absolute Gasteiger partial charge is 0.342 e. The molecule has 2 atom stereocenters. The van der Waals surface area contributed by atoms with Gasteiger partial charge < -0.3 is 21.3 Å². The summed E-state index contributed by atoms with van der Waals surface area (Å²) in [6.45, 7) is 3.82. The van der Waals surface area contributed by atoms with Gasteiger partial charge in [-0.2, -0.15) is 0 Å². The summed E-state index contributed by atoms with van der Waals surface area (Å²) in [5.41, 5.74) is 6.65. The van der Waals surface area contributed by atoms with E-state index in [1.165, 1.54) is 0 Å². The maximum Gasteiger partial charge on any atom is 0.319 e. The van der Waals surface area contributed by atoms with Crippen molar-refractivity contribution in [2.75, 3.05) is 25.0 Å². The summed E-state index contributed by atoms with van der Waals surface area (Å²) in [5.74, 6) is 0.445. The molecule has 2 rings (SSSR count). The minimum Gasteiger partial charge on any atom is -0.342 e. The number of amides is 3. The number of nitrogens with zero attached hydrogens (tertiary/aromatic N) is 1. The van der Waals surface area contributed by atoms with Crippen molar-refractivity contribution in [1.82, 2.24) is 10.2 Å². The molecule has 1 fully saturated rings. The molecule has 3 amide bonds. The monoisotopic (exact) mass is 396 g/mol. The summed E-state index contributed by atoms with van der Waals surface area (Å²) in [6.07, 6.45) is 2.38. The van der Waals surface area contributed by atoms with E-state index < -0.39 is 0 Å². The van der Waals surface area contributed by atoms with Crippen LogP contribution in [0.5, 0.6) is 0 Å². The van der Waals surface area contributed by atoms with Gasteiger partial charge in [0.2, 0.25) is 5.91 Å².